The van der Waals surface area contributed by atoms with Crippen molar-refractivity contribution in [1.82, 2.24) is 0 Å². The molecule has 0 radical (unpaired) electrons. The van der Waals surface area contributed by atoms with Gasteiger partial charge in [-0.25, -0.2) is 0 Å². The summed E-state index contributed by atoms with van der Waals surface area (Å²) < 4.78 is 38.7. The Morgan fingerprint density at radius 2 is 1.80 bits per heavy atom. The van der Waals surface area contributed by atoms with Crippen LogP contribution in [-0.4, -0.2) is 16.1 Å². The zero-order valence-electron chi connectivity index (χ0n) is 11.2. The highest BCUT2D eigenvalue weighted by Crippen LogP contribution is 2.37. The maximum atomic E-state index is 12.9. The first-order valence-corrected chi connectivity index (χ1v) is 7.99. The maximum Gasteiger partial charge on any atom is 0.416 e. The van der Waals surface area contributed by atoms with Gasteiger partial charge in [-0.15, -0.1) is 0 Å². The molecule has 0 bridgehead atoms. The molecule has 1 atom stereocenters. The molecule has 0 amide bonds. The van der Waals surface area contributed by atoms with Gasteiger partial charge in [0.2, 0.25) is 0 Å². The van der Waals surface area contributed by atoms with Crippen LogP contribution in [0.4, 0.5) is 13.2 Å². The van der Waals surface area contributed by atoms with Gasteiger partial charge in [-0.2, -0.15) is 24.9 Å². The van der Waals surface area contributed by atoms with E-state index in [1.54, 1.807) is 17.8 Å². The molecule has 1 unspecified atom stereocenters. The second kappa shape index (κ2) is 6.85. The van der Waals surface area contributed by atoms with Crippen LogP contribution in [-0.2, 0) is 6.18 Å². The molecular weight excluding hydrogens is 285 g/mol. The van der Waals surface area contributed by atoms with Gasteiger partial charge < -0.3 is 5.11 Å². The Balaban J connectivity index is 2.00. The lowest BCUT2D eigenvalue weighted by molar-refractivity contribution is -0.139. The Kier molecular flexibility index (Phi) is 5.38. The minimum Gasteiger partial charge on any atom is -0.388 e. The molecule has 1 nitrogen and oxygen atoms in total. The molecule has 1 aliphatic carbocycles. The number of aliphatic hydroxyl groups excluding tert-OH is 1. The van der Waals surface area contributed by atoms with Crippen LogP contribution < -0.4 is 0 Å². The predicted octanol–water partition coefficient (Wildman–Crippen LogP) is 4.80. The van der Waals surface area contributed by atoms with Gasteiger partial charge in [0.15, 0.2) is 0 Å². The first-order chi connectivity index (χ1) is 9.48. The lowest BCUT2D eigenvalue weighted by Crippen LogP contribution is -2.15. The SMILES string of the molecule is OC(CSC1CCCCC1)c1ccccc1C(F)(F)F. The average Bonchev–Trinajstić information content (AvgIpc) is 2.45. The van der Waals surface area contributed by atoms with Crippen LogP contribution >= 0.6 is 11.8 Å². The van der Waals surface area contributed by atoms with Crippen molar-refractivity contribution < 1.29 is 18.3 Å². The van der Waals surface area contributed by atoms with Crippen molar-refractivity contribution in [2.75, 3.05) is 5.75 Å². The zero-order chi connectivity index (χ0) is 14.6. The van der Waals surface area contributed by atoms with E-state index < -0.39 is 17.8 Å². The fraction of sp³-hybridized carbons (Fsp3) is 0.600. The van der Waals surface area contributed by atoms with E-state index in [1.165, 1.54) is 31.4 Å². The molecule has 1 N–H and O–H groups in total. The van der Waals surface area contributed by atoms with Crippen molar-refractivity contribution in [1.29, 1.82) is 0 Å². The molecule has 0 aliphatic heterocycles. The summed E-state index contributed by atoms with van der Waals surface area (Å²) in [4.78, 5) is 0. The minimum absolute atomic E-state index is 0.0108. The van der Waals surface area contributed by atoms with E-state index in [9.17, 15) is 18.3 Å². The van der Waals surface area contributed by atoms with Crippen molar-refractivity contribution in [2.24, 2.45) is 0 Å². The largest absolute Gasteiger partial charge is 0.416 e. The molecule has 1 fully saturated rings. The molecule has 112 valence electrons. The summed E-state index contributed by atoms with van der Waals surface area (Å²) in [5.74, 6) is 0.331. The summed E-state index contributed by atoms with van der Waals surface area (Å²) in [5, 5.41) is 10.6. The normalized spacial score (nSPS) is 19.0. The van der Waals surface area contributed by atoms with E-state index >= 15 is 0 Å². The quantitative estimate of drug-likeness (QED) is 0.862. The Labute approximate surface area is 121 Å². The number of thioether (sulfide) groups is 1. The molecule has 1 aromatic rings. The van der Waals surface area contributed by atoms with Crippen molar-refractivity contribution in [2.45, 2.75) is 49.6 Å². The lowest BCUT2D eigenvalue weighted by Gasteiger charge is -2.23. The lowest BCUT2D eigenvalue weighted by atomic mass is 10.0. The number of rotatable bonds is 4. The van der Waals surface area contributed by atoms with Crippen LogP contribution in [0.2, 0.25) is 0 Å². The fourth-order valence-electron chi connectivity index (χ4n) is 2.59. The Bertz CT molecular complexity index is 427. The summed E-state index contributed by atoms with van der Waals surface area (Å²) in [5.41, 5.74) is -0.736. The number of benzene rings is 1. The molecule has 5 heteroatoms. The Hall–Kier alpha value is -0.680. The molecule has 1 aromatic carbocycles. The number of alkyl halides is 3. The van der Waals surface area contributed by atoms with Gasteiger partial charge >= 0.3 is 6.18 Å². The van der Waals surface area contributed by atoms with Crippen LogP contribution in [0.25, 0.3) is 0 Å². The van der Waals surface area contributed by atoms with Gasteiger partial charge in [0.05, 0.1) is 11.7 Å². The first-order valence-electron chi connectivity index (χ1n) is 6.94. The van der Waals surface area contributed by atoms with E-state index in [0.717, 1.165) is 18.9 Å². The first kappa shape index (κ1) is 15.7. The number of hydrogen-bond acceptors (Lipinski definition) is 2. The standard InChI is InChI=1S/C15H19F3OS/c16-15(17,18)13-9-5-4-8-12(13)14(19)10-20-11-6-2-1-3-7-11/h4-5,8-9,11,14,19H,1-3,6-7,10H2. The van der Waals surface area contributed by atoms with E-state index in [-0.39, 0.29) is 5.56 Å². The van der Waals surface area contributed by atoms with E-state index in [0.29, 0.717) is 11.0 Å². The Morgan fingerprint density at radius 1 is 1.15 bits per heavy atom. The van der Waals surface area contributed by atoms with Gasteiger partial charge in [-0.3, -0.25) is 0 Å². The number of hydrogen-bond donors (Lipinski definition) is 1. The van der Waals surface area contributed by atoms with Gasteiger partial charge in [0, 0.05) is 11.0 Å². The molecule has 1 aliphatic rings. The van der Waals surface area contributed by atoms with Crippen molar-refractivity contribution in [3.8, 4) is 0 Å². The maximum absolute atomic E-state index is 12.9. The Morgan fingerprint density at radius 3 is 2.45 bits per heavy atom. The summed E-state index contributed by atoms with van der Waals surface area (Å²) in [7, 11) is 0. The van der Waals surface area contributed by atoms with Crippen LogP contribution in [0, 0.1) is 0 Å². The predicted molar refractivity (Wildman–Crippen MR) is 75.7 cm³/mol. The van der Waals surface area contributed by atoms with Crippen LogP contribution in [0.5, 0.6) is 0 Å². The molecule has 2 rings (SSSR count). The van der Waals surface area contributed by atoms with Crippen molar-refractivity contribution in [3.63, 3.8) is 0 Å². The molecule has 20 heavy (non-hydrogen) atoms. The molecular formula is C15H19F3OS. The van der Waals surface area contributed by atoms with E-state index in [4.69, 9.17) is 0 Å². The summed E-state index contributed by atoms with van der Waals surface area (Å²) in [6.45, 7) is 0. The summed E-state index contributed by atoms with van der Waals surface area (Å²) in [6, 6.07) is 5.30. The highest BCUT2D eigenvalue weighted by Gasteiger charge is 2.34. The second-order valence-corrected chi connectivity index (χ2v) is 6.53. The van der Waals surface area contributed by atoms with Gasteiger partial charge in [0.1, 0.15) is 0 Å². The third kappa shape index (κ3) is 4.16. The van der Waals surface area contributed by atoms with Crippen LogP contribution in [0.3, 0.4) is 0 Å². The topological polar surface area (TPSA) is 20.2 Å². The van der Waals surface area contributed by atoms with Gasteiger partial charge in [0.25, 0.3) is 0 Å². The minimum atomic E-state index is -4.41. The van der Waals surface area contributed by atoms with Gasteiger partial charge in [-0.05, 0) is 24.5 Å². The third-order valence-corrected chi connectivity index (χ3v) is 5.12. The second-order valence-electron chi connectivity index (χ2n) is 5.19. The number of aliphatic hydroxyl groups is 1. The zero-order valence-corrected chi connectivity index (χ0v) is 12.0. The molecule has 0 saturated heterocycles. The molecule has 1 saturated carbocycles. The summed E-state index contributed by atoms with van der Waals surface area (Å²) >= 11 is 1.60. The monoisotopic (exact) mass is 304 g/mol. The summed E-state index contributed by atoms with van der Waals surface area (Å²) in [6.07, 6.45) is 0.375. The molecule has 0 spiro atoms. The fourth-order valence-corrected chi connectivity index (χ4v) is 3.90. The van der Waals surface area contributed by atoms with Crippen LogP contribution in [0.1, 0.15) is 49.3 Å². The highest BCUT2D eigenvalue weighted by molar-refractivity contribution is 7.99. The van der Waals surface area contributed by atoms with E-state index in [2.05, 4.69) is 0 Å². The molecule has 0 heterocycles. The van der Waals surface area contributed by atoms with Crippen LogP contribution in [0.15, 0.2) is 24.3 Å². The highest BCUT2D eigenvalue weighted by atomic mass is 32.2. The van der Waals surface area contributed by atoms with E-state index in [1.807, 2.05) is 0 Å². The van der Waals surface area contributed by atoms with Crippen molar-refractivity contribution in [3.05, 3.63) is 35.4 Å². The third-order valence-electron chi connectivity index (χ3n) is 3.67. The average molecular weight is 304 g/mol. The number of halogens is 3. The van der Waals surface area contributed by atoms with Crippen molar-refractivity contribution >= 4 is 11.8 Å². The smallest absolute Gasteiger partial charge is 0.388 e. The molecule has 0 aromatic heterocycles. The van der Waals surface area contributed by atoms with Gasteiger partial charge in [-0.1, -0.05) is 37.5 Å².